The lowest BCUT2D eigenvalue weighted by Gasteiger charge is -2.37. The first-order chi connectivity index (χ1) is 18.9. The van der Waals surface area contributed by atoms with Gasteiger partial charge in [-0.25, -0.2) is 18.4 Å². The van der Waals surface area contributed by atoms with E-state index in [0.717, 1.165) is 71.0 Å². The summed E-state index contributed by atoms with van der Waals surface area (Å²) in [6, 6.07) is 22.9. The summed E-state index contributed by atoms with van der Waals surface area (Å²) in [5, 5.41) is 17.6. The molecule has 5 aromatic rings. The Labute approximate surface area is 226 Å². The first-order valence-corrected chi connectivity index (χ1v) is 14.4. The molecule has 3 heterocycles. The van der Waals surface area contributed by atoms with Crippen molar-refractivity contribution in [3.05, 3.63) is 84.8 Å². The van der Waals surface area contributed by atoms with Gasteiger partial charge in [0.25, 0.3) is 0 Å². The van der Waals surface area contributed by atoms with Gasteiger partial charge in [0.15, 0.2) is 9.84 Å². The predicted molar refractivity (Wildman–Crippen MR) is 151 cm³/mol. The van der Waals surface area contributed by atoms with Crippen molar-refractivity contribution in [2.75, 3.05) is 42.2 Å². The summed E-state index contributed by atoms with van der Waals surface area (Å²) in [4.78, 5) is 13.9. The smallest absolute Gasteiger partial charge is 0.175 e. The van der Waals surface area contributed by atoms with E-state index in [0.29, 0.717) is 10.5 Å². The van der Waals surface area contributed by atoms with Crippen molar-refractivity contribution in [1.29, 1.82) is 5.26 Å². The zero-order valence-electron chi connectivity index (χ0n) is 21.2. The van der Waals surface area contributed by atoms with Crippen LogP contribution in [0.4, 0.5) is 11.5 Å². The molecule has 39 heavy (non-hydrogen) atoms. The fraction of sp³-hybridized carbons (Fsp3) is 0.172. The van der Waals surface area contributed by atoms with Crippen molar-refractivity contribution in [2.45, 2.75) is 4.90 Å². The van der Waals surface area contributed by atoms with Crippen LogP contribution in [-0.2, 0) is 9.84 Å². The summed E-state index contributed by atoms with van der Waals surface area (Å²) >= 11 is 0. The Balaban J connectivity index is 1.29. The minimum atomic E-state index is -3.26. The van der Waals surface area contributed by atoms with Crippen LogP contribution in [0.25, 0.3) is 33.3 Å². The van der Waals surface area contributed by atoms with E-state index in [9.17, 15) is 13.7 Å². The number of anilines is 2. The van der Waals surface area contributed by atoms with Crippen molar-refractivity contribution in [2.24, 2.45) is 0 Å². The van der Waals surface area contributed by atoms with Gasteiger partial charge in [0.05, 0.1) is 33.9 Å². The largest absolute Gasteiger partial charge is 0.368 e. The van der Waals surface area contributed by atoms with E-state index in [2.05, 4.69) is 42.1 Å². The molecule has 0 saturated carbocycles. The predicted octanol–water partition coefficient (Wildman–Crippen LogP) is 4.29. The number of nitrogens with one attached hydrogen (secondary N) is 1. The molecule has 0 aliphatic carbocycles. The topological polar surface area (TPSA) is 119 Å². The lowest BCUT2D eigenvalue weighted by atomic mass is 9.99. The van der Waals surface area contributed by atoms with Crippen LogP contribution in [-0.4, -0.2) is 61.0 Å². The molecule has 1 saturated heterocycles. The Morgan fingerprint density at radius 1 is 0.897 bits per heavy atom. The molecular formula is C29H25N7O2S. The second kappa shape index (κ2) is 9.85. The van der Waals surface area contributed by atoms with Crippen LogP contribution in [0.1, 0.15) is 5.56 Å². The molecule has 2 aromatic heterocycles. The summed E-state index contributed by atoms with van der Waals surface area (Å²) < 4.78 is 24.0. The fourth-order valence-electron chi connectivity index (χ4n) is 5.02. The van der Waals surface area contributed by atoms with Crippen LogP contribution in [0.2, 0.25) is 0 Å². The molecule has 3 aromatic carbocycles. The molecule has 1 N–H and O–H groups in total. The zero-order valence-corrected chi connectivity index (χ0v) is 22.1. The molecule has 0 bridgehead atoms. The molecule has 0 atom stereocenters. The Morgan fingerprint density at radius 3 is 2.49 bits per heavy atom. The maximum Gasteiger partial charge on any atom is 0.175 e. The van der Waals surface area contributed by atoms with E-state index in [1.54, 1.807) is 36.8 Å². The third-order valence-corrected chi connectivity index (χ3v) is 8.15. The standard InChI is InChI=1S/C29H25N7O2S/c1-39(37,38)24-7-3-6-23(16-24)35-10-12-36(13-11-35)29-25-15-21(8-9-27(25)31-19-32-29)26-18-33-34-28(26)22-5-2-4-20(14-22)17-30/h2-9,14-16,18-19H,10-13H2,1H3,(H,33,34). The molecule has 1 aliphatic heterocycles. The molecule has 194 valence electrons. The van der Waals surface area contributed by atoms with Gasteiger partial charge in [-0.1, -0.05) is 24.3 Å². The Bertz CT molecular complexity index is 1830. The normalized spacial score (nSPS) is 13.9. The highest BCUT2D eigenvalue weighted by molar-refractivity contribution is 7.90. The van der Waals surface area contributed by atoms with Gasteiger partial charge < -0.3 is 9.80 Å². The SMILES string of the molecule is CS(=O)(=O)c1cccc(N2CCN(c3ncnc4ccc(-c5cn[nH]c5-c5cccc(C#N)c5)cc34)CC2)c1. The average Bonchev–Trinajstić information content (AvgIpc) is 3.47. The van der Waals surface area contributed by atoms with Crippen LogP contribution in [0.5, 0.6) is 0 Å². The van der Waals surface area contributed by atoms with Crippen LogP contribution in [0.15, 0.2) is 84.1 Å². The number of hydrogen-bond acceptors (Lipinski definition) is 8. The fourth-order valence-corrected chi connectivity index (χ4v) is 5.68. The Hall–Kier alpha value is -4.75. The number of nitrogens with zero attached hydrogens (tertiary/aromatic N) is 6. The number of H-pyrrole nitrogens is 1. The van der Waals surface area contributed by atoms with E-state index < -0.39 is 9.84 Å². The minimum Gasteiger partial charge on any atom is -0.368 e. The van der Waals surface area contributed by atoms with Crippen LogP contribution < -0.4 is 9.80 Å². The first-order valence-electron chi connectivity index (χ1n) is 12.5. The summed E-state index contributed by atoms with van der Waals surface area (Å²) in [7, 11) is -3.26. The Morgan fingerprint density at radius 2 is 1.69 bits per heavy atom. The van der Waals surface area contributed by atoms with Crippen LogP contribution in [0.3, 0.4) is 0 Å². The van der Waals surface area contributed by atoms with Crippen LogP contribution >= 0.6 is 0 Å². The van der Waals surface area contributed by atoms with Gasteiger partial charge in [-0.15, -0.1) is 0 Å². The van der Waals surface area contributed by atoms with Gasteiger partial charge >= 0.3 is 0 Å². The van der Waals surface area contributed by atoms with Crippen molar-refractivity contribution in [3.63, 3.8) is 0 Å². The van der Waals surface area contributed by atoms with Gasteiger partial charge in [-0.2, -0.15) is 10.4 Å². The van der Waals surface area contributed by atoms with E-state index >= 15 is 0 Å². The van der Waals surface area contributed by atoms with Crippen molar-refractivity contribution >= 4 is 32.2 Å². The van der Waals surface area contributed by atoms with Gasteiger partial charge in [0.2, 0.25) is 0 Å². The molecule has 10 heteroatoms. The molecule has 1 aliphatic rings. The van der Waals surface area contributed by atoms with Crippen molar-refractivity contribution in [3.8, 4) is 28.5 Å². The molecule has 6 rings (SSSR count). The number of piperazine rings is 1. The van der Waals surface area contributed by atoms with Crippen molar-refractivity contribution in [1.82, 2.24) is 20.2 Å². The number of sulfone groups is 1. The molecule has 0 spiro atoms. The van der Waals surface area contributed by atoms with E-state index in [1.165, 1.54) is 6.26 Å². The molecule has 0 amide bonds. The van der Waals surface area contributed by atoms with Crippen molar-refractivity contribution < 1.29 is 8.42 Å². The maximum absolute atomic E-state index is 12.0. The first kappa shape index (κ1) is 24.6. The number of nitriles is 1. The quantitative estimate of drug-likeness (QED) is 0.354. The highest BCUT2D eigenvalue weighted by Gasteiger charge is 2.22. The van der Waals surface area contributed by atoms with E-state index in [4.69, 9.17) is 0 Å². The number of rotatable bonds is 5. The number of aromatic nitrogens is 4. The van der Waals surface area contributed by atoms with Gasteiger partial charge in [0, 0.05) is 54.6 Å². The van der Waals surface area contributed by atoms with E-state index in [1.807, 2.05) is 36.4 Å². The van der Waals surface area contributed by atoms with Crippen LogP contribution in [0, 0.1) is 11.3 Å². The summed E-state index contributed by atoms with van der Waals surface area (Å²) in [6.07, 6.45) is 4.62. The second-order valence-electron chi connectivity index (χ2n) is 9.52. The Kier molecular flexibility index (Phi) is 6.21. The average molecular weight is 536 g/mol. The van der Waals surface area contributed by atoms with Gasteiger partial charge in [-0.05, 0) is 48.0 Å². The maximum atomic E-state index is 12.0. The summed E-state index contributed by atoms with van der Waals surface area (Å²) in [6.45, 7) is 2.94. The van der Waals surface area contributed by atoms with Gasteiger partial charge in [0.1, 0.15) is 12.1 Å². The number of benzene rings is 3. The lowest BCUT2D eigenvalue weighted by Crippen LogP contribution is -2.47. The third-order valence-electron chi connectivity index (χ3n) is 7.04. The molecule has 0 radical (unpaired) electrons. The molecular weight excluding hydrogens is 510 g/mol. The summed E-state index contributed by atoms with van der Waals surface area (Å²) in [5.74, 6) is 0.864. The molecule has 9 nitrogen and oxygen atoms in total. The number of aromatic amines is 1. The number of hydrogen-bond donors (Lipinski definition) is 1. The molecule has 0 unspecified atom stereocenters. The number of fused-ring (bicyclic) bond motifs is 1. The highest BCUT2D eigenvalue weighted by atomic mass is 32.2. The lowest BCUT2D eigenvalue weighted by molar-refractivity contribution is 0.601. The molecule has 1 fully saturated rings. The highest BCUT2D eigenvalue weighted by Crippen LogP contribution is 2.34. The third kappa shape index (κ3) is 4.80. The van der Waals surface area contributed by atoms with E-state index in [-0.39, 0.29) is 0 Å². The second-order valence-corrected chi connectivity index (χ2v) is 11.5. The zero-order chi connectivity index (χ0) is 27.0. The van der Waals surface area contributed by atoms with Gasteiger partial charge in [-0.3, -0.25) is 5.10 Å². The monoisotopic (exact) mass is 535 g/mol. The minimum absolute atomic E-state index is 0.328. The summed E-state index contributed by atoms with van der Waals surface area (Å²) in [5.41, 5.74) is 5.98.